The third kappa shape index (κ3) is 4.25. The number of amides is 1. The lowest BCUT2D eigenvalue weighted by atomic mass is 10.1. The highest BCUT2D eigenvalue weighted by Gasteiger charge is 2.24. The SMILES string of the molecule is O=C(NCC(c1cccs1)N1CCOCC1)c1cc(-c2ccco2)nc2ccccc12. The summed E-state index contributed by atoms with van der Waals surface area (Å²) in [5, 5.41) is 6.08. The van der Waals surface area contributed by atoms with Crippen molar-refractivity contribution < 1.29 is 13.9 Å². The van der Waals surface area contributed by atoms with Crippen LogP contribution in [-0.4, -0.2) is 48.6 Å². The summed E-state index contributed by atoms with van der Waals surface area (Å²) in [4.78, 5) is 21.6. The van der Waals surface area contributed by atoms with E-state index in [9.17, 15) is 4.79 Å². The molecule has 1 atom stereocenters. The van der Waals surface area contributed by atoms with E-state index in [-0.39, 0.29) is 11.9 Å². The molecule has 0 spiro atoms. The molecule has 1 unspecified atom stereocenters. The van der Waals surface area contributed by atoms with Crippen LogP contribution in [0.3, 0.4) is 0 Å². The van der Waals surface area contributed by atoms with Crippen LogP contribution in [0.2, 0.25) is 0 Å². The van der Waals surface area contributed by atoms with Crippen molar-refractivity contribution in [3.8, 4) is 11.5 Å². The van der Waals surface area contributed by atoms with Crippen molar-refractivity contribution in [1.82, 2.24) is 15.2 Å². The number of hydrogen-bond acceptors (Lipinski definition) is 6. The summed E-state index contributed by atoms with van der Waals surface area (Å²) in [7, 11) is 0. The van der Waals surface area contributed by atoms with E-state index in [1.54, 1.807) is 17.6 Å². The minimum atomic E-state index is -0.110. The molecule has 7 heteroatoms. The molecule has 0 saturated carbocycles. The van der Waals surface area contributed by atoms with Gasteiger partial charge in [0.1, 0.15) is 5.69 Å². The summed E-state index contributed by atoms with van der Waals surface area (Å²) in [6, 6.07) is 17.5. The molecule has 1 fully saturated rings. The van der Waals surface area contributed by atoms with Gasteiger partial charge in [0.05, 0.1) is 36.6 Å². The van der Waals surface area contributed by atoms with Crippen molar-refractivity contribution in [2.75, 3.05) is 32.8 Å². The fourth-order valence-corrected chi connectivity index (χ4v) is 4.84. The van der Waals surface area contributed by atoms with Gasteiger partial charge < -0.3 is 14.5 Å². The van der Waals surface area contributed by atoms with E-state index in [1.807, 2.05) is 42.5 Å². The number of ether oxygens (including phenoxy) is 1. The number of pyridine rings is 1. The molecule has 4 heterocycles. The van der Waals surface area contributed by atoms with Gasteiger partial charge in [-0.25, -0.2) is 4.98 Å². The van der Waals surface area contributed by atoms with Gasteiger partial charge in [0.15, 0.2) is 5.76 Å². The third-order valence-electron chi connectivity index (χ3n) is 5.55. The minimum Gasteiger partial charge on any atom is -0.463 e. The van der Waals surface area contributed by atoms with Crippen LogP contribution in [0.25, 0.3) is 22.4 Å². The average molecular weight is 434 g/mol. The Bertz CT molecular complexity index is 1150. The maximum absolute atomic E-state index is 13.3. The van der Waals surface area contributed by atoms with Crippen LogP contribution in [0.4, 0.5) is 0 Å². The van der Waals surface area contributed by atoms with Crippen LogP contribution in [0.5, 0.6) is 0 Å². The molecule has 0 bridgehead atoms. The molecule has 0 aliphatic carbocycles. The predicted octanol–water partition coefficient (Wildman–Crippen LogP) is 4.36. The number of thiophene rings is 1. The van der Waals surface area contributed by atoms with Crippen molar-refractivity contribution in [3.63, 3.8) is 0 Å². The van der Waals surface area contributed by atoms with Gasteiger partial charge in [0.2, 0.25) is 0 Å². The fourth-order valence-electron chi connectivity index (χ4n) is 3.98. The largest absolute Gasteiger partial charge is 0.463 e. The standard InChI is InChI=1S/C24H23N3O3S/c28-24(25-16-21(23-8-4-14-31-23)27-9-12-29-13-10-27)18-15-20(22-7-3-11-30-22)26-19-6-2-1-5-17(18)19/h1-8,11,14-15,21H,9-10,12-13,16H2,(H,25,28). The number of aromatic nitrogens is 1. The van der Waals surface area contributed by atoms with Crippen LogP contribution >= 0.6 is 11.3 Å². The number of hydrogen-bond donors (Lipinski definition) is 1. The molecular weight excluding hydrogens is 410 g/mol. The van der Waals surface area contributed by atoms with Crippen LogP contribution < -0.4 is 5.32 Å². The maximum atomic E-state index is 13.3. The smallest absolute Gasteiger partial charge is 0.252 e. The van der Waals surface area contributed by atoms with E-state index in [0.29, 0.717) is 23.6 Å². The van der Waals surface area contributed by atoms with Crippen molar-refractivity contribution in [3.05, 3.63) is 76.7 Å². The van der Waals surface area contributed by atoms with Crippen LogP contribution in [0.15, 0.2) is 70.7 Å². The number of morpholine rings is 1. The zero-order valence-corrected chi connectivity index (χ0v) is 17.8. The molecule has 3 aromatic heterocycles. The van der Waals surface area contributed by atoms with Crippen LogP contribution in [-0.2, 0) is 4.74 Å². The first kappa shape index (κ1) is 19.9. The number of fused-ring (bicyclic) bond motifs is 1. The van der Waals surface area contributed by atoms with Crippen LogP contribution in [0.1, 0.15) is 21.3 Å². The van der Waals surface area contributed by atoms with Gasteiger partial charge in [0.25, 0.3) is 5.91 Å². The lowest BCUT2D eigenvalue weighted by molar-refractivity contribution is 0.0169. The first-order valence-electron chi connectivity index (χ1n) is 10.4. The number of nitrogens with zero attached hydrogens (tertiary/aromatic N) is 2. The Balaban J connectivity index is 1.43. The average Bonchev–Trinajstić information content (AvgIpc) is 3.54. The number of nitrogens with one attached hydrogen (secondary N) is 1. The van der Waals surface area contributed by atoms with Gasteiger partial charge in [0, 0.05) is 29.9 Å². The molecule has 1 aliphatic rings. The zero-order valence-electron chi connectivity index (χ0n) is 17.0. The number of rotatable bonds is 6. The summed E-state index contributed by atoms with van der Waals surface area (Å²) >= 11 is 1.72. The Kier molecular flexibility index (Phi) is 5.80. The van der Waals surface area contributed by atoms with E-state index in [1.165, 1.54) is 4.88 Å². The van der Waals surface area contributed by atoms with Gasteiger partial charge in [-0.15, -0.1) is 11.3 Å². The summed E-state index contributed by atoms with van der Waals surface area (Å²) in [5.74, 6) is 0.533. The van der Waals surface area contributed by atoms with Gasteiger partial charge in [-0.3, -0.25) is 9.69 Å². The Hall–Kier alpha value is -3.00. The van der Waals surface area contributed by atoms with E-state index in [4.69, 9.17) is 9.15 Å². The van der Waals surface area contributed by atoms with Crippen molar-refractivity contribution >= 4 is 28.1 Å². The summed E-state index contributed by atoms with van der Waals surface area (Å²) < 4.78 is 11.0. The van der Waals surface area contributed by atoms with Crippen molar-refractivity contribution in [1.29, 1.82) is 0 Å². The van der Waals surface area contributed by atoms with Gasteiger partial charge >= 0.3 is 0 Å². The number of carbonyl (C=O) groups excluding carboxylic acids is 1. The third-order valence-corrected chi connectivity index (χ3v) is 6.52. The molecule has 1 aromatic carbocycles. The molecule has 4 aromatic rings. The Morgan fingerprint density at radius 3 is 2.77 bits per heavy atom. The predicted molar refractivity (Wildman–Crippen MR) is 121 cm³/mol. The molecule has 0 radical (unpaired) electrons. The summed E-state index contributed by atoms with van der Waals surface area (Å²) in [6.45, 7) is 3.69. The van der Waals surface area contributed by atoms with E-state index < -0.39 is 0 Å². The Labute approximate surface area is 184 Å². The van der Waals surface area contributed by atoms with Crippen LogP contribution in [0, 0.1) is 0 Å². The number of carbonyl (C=O) groups is 1. The second-order valence-electron chi connectivity index (χ2n) is 7.44. The lowest BCUT2D eigenvalue weighted by Gasteiger charge is -2.34. The monoisotopic (exact) mass is 433 g/mol. The fraction of sp³-hybridized carbons (Fsp3) is 0.250. The van der Waals surface area contributed by atoms with E-state index in [0.717, 1.165) is 37.2 Å². The number of benzene rings is 1. The highest BCUT2D eigenvalue weighted by molar-refractivity contribution is 7.10. The lowest BCUT2D eigenvalue weighted by Crippen LogP contribution is -2.43. The van der Waals surface area contributed by atoms with Crippen molar-refractivity contribution in [2.24, 2.45) is 0 Å². The highest BCUT2D eigenvalue weighted by Crippen LogP contribution is 2.27. The highest BCUT2D eigenvalue weighted by atomic mass is 32.1. The van der Waals surface area contributed by atoms with E-state index in [2.05, 4.69) is 32.7 Å². The second-order valence-corrected chi connectivity index (χ2v) is 8.42. The molecule has 1 N–H and O–H groups in total. The summed E-state index contributed by atoms with van der Waals surface area (Å²) in [5.41, 5.74) is 2.02. The Morgan fingerprint density at radius 1 is 1.13 bits per heavy atom. The molecule has 6 nitrogen and oxygen atoms in total. The molecule has 158 valence electrons. The molecule has 1 amide bonds. The number of para-hydroxylation sites is 1. The topological polar surface area (TPSA) is 67.6 Å². The molecular formula is C24H23N3O3S. The first-order valence-corrected chi connectivity index (χ1v) is 11.2. The van der Waals surface area contributed by atoms with Gasteiger partial charge in [-0.1, -0.05) is 24.3 Å². The zero-order chi connectivity index (χ0) is 21.0. The maximum Gasteiger partial charge on any atom is 0.252 e. The molecule has 31 heavy (non-hydrogen) atoms. The second kappa shape index (κ2) is 9.01. The Morgan fingerprint density at radius 2 is 2.00 bits per heavy atom. The van der Waals surface area contributed by atoms with Gasteiger partial charge in [-0.05, 0) is 35.7 Å². The minimum absolute atomic E-state index is 0.110. The number of furan rings is 1. The van der Waals surface area contributed by atoms with E-state index >= 15 is 0 Å². The van der Waals surface area contributed by atoms with Gasteiger partial charge in [-0.2, -0.15) is 0 Å². The molecule has 1 saturated heterocycles. The first-order chi connectivity index (χ1) is 15.3. The molecule has 1 aliphatic heterocycles. The quantitative estimate of drug-likeness (QED) is 0.489. The molecule has 5 rings (SSSR count). The summed E-state index contributed by atoms with van der Waals surface area (Å²) in [6.07, 6.45) is 1.61. The normalized spacial score (nSPS) is 15.7. The van der Waals surface area contributed by atoms with Crippen molar-refractivity contribution in [2.45, 2.75) is 6.04 Å².